The van der Waals surface area contributed by atoms with E-state index in [0.717, 1.165) is 0 Å². The lowest BCUT2D eigenvalue weighted by molar-refractivity contribution is 0.776. The fourth-order valence-corrected chi connectivity index (χ4v) is 6.16. The fourth-order valence-electron chi connectivity index (χ4n) is 3.50. The van der Waals surface area contributed by atoms with Crippen LogP contribution in [-0.4, -0.2) is 6.04 Å². The van der Waals surface area contributed by atoms with Crippen molar-refractivity contribution in [3.8, 4) is 11.1 Å². The lowest BCUT2D eigenvalue weighted by Crippen LogP contribution is -2.27. The van der Waals surface area contributed by atoms with Crippen molar-refractivity contribution in [2.75, 3.05) is 4.90 Å². The Morgan fingerprint density at radius 3 is 2.20 bits per heavy atom. The van der Waals surface area contributed by atoms with Crippen LogP contribution < -0.4 is 4.90 Å². The second kappa shape index (κ2) is 6.54. The van der Waals surface area contributed by atoms with Gasteiger partial charge in [-0.3, -0.25) is 0 Å². The Hall–Kier alpha value is -1.71. The highest BCUT2D eigenvalue weighted by Gasteiger charge is 2.32. The van der Waals surface area contributed by atoms with Crippen molar-refractivity contribution >= 4 is 34.5 Å². The molecule has 0 saturated carbocycles. The van der Waals surface area contributed by atoms with Gasteiger partial charge in [-0.15, -0.1) is 11.3 Å². The van der Waals surface area contributed by atoms with E-state index in [9.17, 15) is 0 Å². The Morgan fingerprint density at radius 2 is 1.52 bits per heavy atom. The molecule has 2 aromatic carbocycles. The number of anilines is 2. The molecule has 0 radical (unpaired) electrons. The van der Waals surface area contributed by atoms with E-state index < -0.39 is 0 Å². The monoisotopic (exact) mass is 365 g/mol. The predicted octanol–water partition coefficient (Wildman–Crippen LogP) is 7.55. The highest BCUT2D eigenvalue weighted by Crippen LogP contribution is 2.58. The summed E-state index contributed by atoms with van der Waals surface area (Å²) < 4.78 is 1.43. The molecular formula is C22H23NS2. The minimum atomic E-state index is 0.415. The minimum Gasteiger partial charge on any atom is -0.336 e. The number of thiophene rings is 1. The summed E-state index contributed by atoms with van der Waals surface area (Å²) in [5.41, 5.74) is 5.49. The summed E-state index contributed by atoms with van der Waals surface area (Å²) in [5, 5.41) is 0. The highest BCUT2D eigenvalue weighted by molar-refractivity contribution is 8.01. The Labute approximate surface area is 158 Å². The van der Waals surface area contributed by atoms with Crippen molar-refractivity contribution < 1.29 is 0 Å². The van der Waals surface area contributed by atoms with Crippen molar-refractivity contribution in [3.63, 3.8) is 0 Å². The predicted molar refractivity (Wildman–Crippen MR) is 112 cm³/mol. The summed E-state index contributed by atoms with van der Waals surface area (Å²) in [7, 11) is 0. The van der Waals surface area contributed by atoms with Gasteiger partial charge < -0.3 is 4.90 Å². The number of rotatable bonds is 3. The zero-order valence-electron chi connectivity index (χ0n) is 15.1. The van der Waals surface area contributed by atoms with Gasteiger partial charge in [0.2, 0.25) is 0 Å². The number of nitrogens with zero attached hydrogens (tertiary/aromatic N) is 1. The molecule has 3 heteroatoms. The average Bonchev–Trinajstić information content (AvgIpc) is 2.99. The molecular weight excluding hydrogens is 342 g/mol. The quantitative estimate of drug-likeness (QED) is 0.471. The van der Waals surface area contributed by atoms with Crippen molar-refractivity contribution in [2.24, 2.45) is 0 Å². The molecule has 2 heterocycles. The molecule has 128 valence electrons. The maximum absolute atomic E-state index is 2.53. The smallest absolute Gasteiger partial charge is 0.0894 e. The van der Waals surface area contributed by atoms with E-state index >= 15 is 0 Å². The minimum absolute atomic E-state index is 0.415. The van der Waals surface area contributed by atoms with Gasteiger partial charge in [0, 0.05) is 21.4 Å². The van der Waals surface area contributed by atoms with Crippen LogP contribution in [0.4, 0.5) is 11.4 Å². The maximum atomic E-state index is 2.53. The molecule has 0 N–H and O–H groups in total. The first-order chi connectivity index (χ1) is 12.1. The molecule has 4 rings (SSSR count). The van der Waals surface area contributed by atoms with E-state index in [4.69, 9.17) is 0 Å². The Kier molecular flexibility index (Phi) is 4.38. The molecule has 25 heavy (non-hydrogen) atoms. The molecule has 0 fully saturated rings. The topological polar surface area (TPSA) is 3.24 Å². The number of fused-ring (bicyclic) bond motifs is 2. The van der Waals surface area contributed by atoms with Gasteiger partial charge in [-0.25, -0.2) is 0 Å². The van der Waals surface area contributed by atoms with E-state index in [2.05, 4.69) is 87.2 Å². The zero-order valence-corrected chi connectivity index (χ0v) is 16.7. The molecule has 0 saturated heterocycles. The molecule has 0 amide bonds. The Balaban J connectivity index is 2.01. The van der Waals surface area contributed by atoms with Crippen LogP contribution in [0, 0.1) is 0 Å². The van der Waals surface area contributed by atoms with Crippen LogP contribution in [-0.2, 0) is 0 Å². The van der Waals surface area contributed by atoms with Gasteiger partial charge in [-0.1, -0.05) is 68.1 Å². The lowest BCUT2D eigenvalue weighted by Gasteiger charge is -2.35. The van der Waals surface area contributed by atoms with E-state index in [-0.39, 0.29) is 0 Å². The molecule has 0 unspecified atom stereocenters. The average molecular weight is 366 g/mol. The summed E-state index contributed by atoms with van der Waals surface area (Å²) in [6, 6.07) is 20.1. The van der Waals surface area contributed by atoms with Crippen molar-refractivity contribution in [1.82, 2.24) is 0 Å². The summed E-state index contributed by atoms with van der Waals surface area (Å²) in [6.45, 7) is 9.19. The SMILES string of the molecule is CC(C)c1sc2c(c1-c1ccccc1)N(C(C)C)c1ccccc1S2. The summed E-state index contributed by atoms with van der Waals surface area (Å²) in [5.74, 6) is 0.517. The molecule has 1 aromatic heterocycles. The van der Waals surface area contributed by atoms with Gasteiger partial charge in [0.1, 0.15) is 0 Å². The standard InChI is InChI=1S/C22H23NS2/c1-14(2)21-19(16-10-6-5-7-11-16)20-22(25-21)24-18-13-9-8-12-17(18)23(20)15(3)4/h5-15H,1-4H3. The third-order valence-corrected chi connectivity index (χ3v) is 7.27. The van der Waals surface area contributed by atoms with E-state index in [1.807, 2.05) is 23.1 Å². The van der Waals surface area contributed by atoms with Crippen molar-refractivity contribution in [1.29, 1.82) is 0 Å². The van der Waals surface area contributed by atoms with Crippen molar-refractivity contribution in [3.05, 3.63) is 59.5 Å². The van der Waals surface area contributed by atoms with Gasteiger partial charge in [0.25, 0.3) is 0 Å². The highest BCUT2D eigenvalue weighted by atomic mass is 32.2. The first-order valence-electron chi connectivity index (χ1n) is 8.86. The second-order valence-corrected chi connectivity index (χ2v) is 9.39. The fraction of sp³-hybridized carbons (Fsp3) is 0.273. The first-order valence-corrected chi connectivity index (χ1v) is 10.5. The first kappa shape index (κ1) is 16.7. The molecule has 0 atom stereocenters. The van der Waals surface area contributed by atoms with Gasteiger partial charge in [0.05, 0.1) is 15.6 Å². The van der Waals surface area contributed by atoms with Crippen LogP contribution in [0.15, 0.2) is 63.7 Å². The number of hydrogen-bond acceptors (Lipinski definition) is 3. The zero-order chi connectivity index (χ0) is 17.6. The van der Waals surface area contributed by atoms with Gasteiger partial charge in [-0.05, 0) is 37.5 Å². The van der Waals surface area contributed by atoms with Crippen molar-refractivity contribution in [2.45, 2.75) is 48.8 Å². The van der Waals surface area contributed by atoms with Gasteiger partial charge >= 0.3 is 0 Å². The maximum Gasteiger partial charge on any atom is 0.0894 e. The molecule has 1 nitrogen and oxygen atoms in total. The van der Waals surface area contributed by atoms with Crippen LogP contribution in [0.5, 0.6) is 0 Å². The summed E-state index contributed by atoms with van der Waals surface area (Å²) in [4.78, 5) is 5.38. The van der Waals surface area contributed by atoms with E-state index in [1.165, 1.54) is 36.5 Å². The summed E-state index contributed by atoms with van der Waals surface area (Å²) in [6.07, 6.45) is 0. The lowest BCUT2D eigenvalue weighted by atomic mass is 9.98. The van der Waals surface area contributed by atoms with Crippen LogP contribution in [0.25, 0.3) is 11.1 Å². The molecule has 1 aliphatic heterocycles. The van der Waals surface area contributed by atoms with Crippen LogP contribution in [0.2, 0.25) is 0 Å². The Bertz CT molecular complexity index is 894. The third-order valence-electron chi connectivity index (χ3n) is 4.55. The van der Waals surface area contributed by atoms with E-state index in [1.54, 1.807) is 0 Å². The molecule has 0 aliphatic carbocycles. The largest absolute Gasteiger partial charge is 0.336 e. The molecule has 0 bridgehead atoms. The van der Waals surface area contributed by atoms with Crippen LogP contribution in [0.3, 0.4) is 0 Å². The Morgan fingerprint density at radius 1 is 0.840 bits per heavy atom. The third kappa shape index (κ3) is 2.80. The normalized spacial score (nSPS) is 13.3. The van der Waals surface area contributed by atoms with Crippen LogP contribution in [0.1, 0.15) is 38.5 Å². The molecule has 0 spiro atoms. The summed E-state index contributed by atoms with van der Waals surface area (Å²) >= 11 is 3.90. The number of para-hydroxylation sites is 1. The number of benzene rings is 2. The molecule has 3 aromatic rings. The van der Waals surface area contributed by atoms with Crippen LogP contribution >= 0.6 is 23.1 Å². The van der Waals surface area contributed by atoms with Gasteiger partial charge in [0.15, 0.2) is 0 Å². The molecule has 1 aliphatic rings. The van der Waals surface area contributed by atoms with E-state index in [0.29, 0.717) is 12.0 Å². The second-order valence-electron chi connectivity index (χ2n) is 7.03. The van der Waals surface area contributed by atoms with Gasteiger partial charge in [-0.2, -0.15) is 0 Å². The number of hydrogen-bond donors (Lipinski definition) is 0.